The van der Waals surface area contributed by atoms with Gasteiger partial charge in [0.05, 0.1) is 12.3 Å². The van der Waals surface area contributed by atoms with Gasteiger partial charge in [-0.05, 0) is 85.4 Å². The number of fused-ring (bicyclic) bond motifs is 1. The molecule has 6 nitrogen and oxygen atoms in total. The summed E-state index contributed by atoms with van der Waals surface area (Å²) in [5.74, 6) is -0.124. The highest BCUT2D eigenvalue weighted by Gasteiger charge is 2.28. The first kappa shape index (κ1) is 30.5. The van der Waals surface area contributed by atoms with Crippen LogP contribution < -0.4 is 5.32 Å². The Kier molecular flexibility index (Phi) is 10.1. The smallest absolute Gasteiger partial charge is 0.251 e. The van der Waals surface area contributed by atoms with Gasteiger partial charge in [0.25, 0.3) is 11.8 Å². The second-order valence-corrected chi connectivity index (χ2v) is 12.1. The van der Waals surface area contributed by atoms with Crippen molar-refractivity contribution in [1.29, 1.82) is 0 Å². The van der Waals surface area contributed by atoms with Gasteiger partial charge in [0.1, 0.15) is 6.04 Å². The molecule has 1 N–H and O–H groups in total. The van der Waals surface area contributed by atoms with Gasteiger partial charge in [0, 0.05) is 24.2 Å². The minimum absolute atomic E-state index is 0.0117. The van der Waals surface area contributed by atoms with Crippen molar-refractivity contribution in [2.45, 2.75) is 44.1 Å². The van der Waals surface area contributed by atoms with Crippen molar-refractivity contribution in [2.24, 2.45) is 4.99 Å². The molecule has 4 aromatic rings. The van der Waals surface area contributed by atoms with Gasteiger partial charge in [-0.15, -0.1) is 0 Å². The van der Waals surface area contributed by atoms with E-state index in [1.54, 1.807) is 0 Å². The quantitative estimate of drug-likeness (QED) is 0.206. The maximum Gasteiger partial charge on any atom is 0.251 e. The molecule has 6 rings (SSSR count). The molecule has 230 valence electrons. The fourth-order valence-electron chi connectivity index (χ4n) is 6.45. The SMILES string of the molecule is O=C(NCC1=N[C@@H](CCCN2CCCCC2)C(=O)N(CC(c2ccccc2)c2ccccc2)C=C1)c1ccc2ccccc2c1. The van der Waals surface area contributed by atoms with Crippen LogP contribution in [0.4, 0.5) is 0 Å². The molecule has 0 aromatic heterocycles. The van der Waals surface area contributed by atoms with Crippen LogP contribution in [0.1, 0.15) is 59.5 Å². The first-order valence-corrected chi connectivity index (χ1v) is 16.3. The van der Waals surface area contributed by atoms with Crippen molar-refractivity contribution < 1.29 is 9.59 Å². The van der Waals surface area contributed by atoms with Gasteiger partial charge in [-0.1, -0.05) is 97.4 Å². The van der Waals surface area contributed by atoms with Crippen molar-refractivity contribution in [2.75, 3.05) is 32.7 Å². The summed E-state index contributed by atoms with van der Waals surface area (Å²) in [5, 5.41) is 5.18. The predicted molar refractivity (Wildman–Crippen MR) is 183 cm³/mol. The lowest BCUT2D eigenvalue weighted by Crippen LogP contribution is -2.38. The van der Waals surface area contributed by atoms with Crippen LogP contribution >= 0.6 is 0 Å². The molecule has 0 aliphatic carbocycles. The summed E-state index contributed by atoms with van der Waals surface area (Å²) in [4.78, 5) is 36.6. The van der Waals surface area contributed by atoms with Crippen LogP contribution in [0.5, 0.6) is 0 Å². The van der Waals surface area contributed by atoms with E-state index in [9.17, 15) is 9.59 Å². The Labute approximate surface area is 266 Å². The molecular formula is C39H42N4O2. The Morgan fingerprint density at radius 3 is 2.20 bits per heavy atom. The molecule has 0 saturated carbocycles. The Balaban J connectivity index is 1.20. The topological polar surface area (TPSA) is 65.0 Å². The molecule has 6 heteroatoms. The molecule has 0 radical (unpaired) electrons. The third-order valence-corrected chi connectivity index (χ3v) is 8.96. The largest absolute Gasteiger partial charge is 0.346 e. The summed E-state index contributed by atoms with van der Waals surface area (Å²) in [6, 6.07) is 34.0. The summed E-state index contributed by atoms with van der Waals surface area (Å²) >= 11 is 0. The summed E-state index contributed by atoms with van der Waals surface area (Å²) in [5.41, 5.74) is 3.65. The van der Waals surface area contributed by atoms with Crippen LogP contribution in [0.15, 0.2) is 120 Å². The molecule has 1 atom stereocenters. The molecule has 0 bridgehead atoms. The van der Waals surface area contributed by atoms with E-state index in [0.717, 1.165) is 36.8 Å². The zero-order valence-electron chi connectivity index (χ0n) is 25.9. The average Bonchev–Trinajstić information content (AvgIpc) is 3.24. The van der Waals surface area contributed by atoms with Gasteiger partial charge in [-0.25, -0.2) is 0 Å². The number of nitrogens with zero attached hydrogens (tertiary/aromatic N) is 3. The van der Waals surface area contributed by atoms with Crippen LogP contribution in [0.3, 0.4) is 0 Å². The number of nitrogens with one attached hydrogen (secondary N) is 1. The lowest BCUT2D eigenvalue weighted by Gasteiger charge is -2.28. The molecule has 0 unspecified atom stereocenters. The first-order chi connectivity index (χ1) is 22.1. The lowest BCUT2D eigenvalue weighted by atomic mass is 9.90. The number of carbonyl (C=O) groups excluding carboxylic acids is 2. The number of likely N-dealkylation sites (tertiary alicyclic amines) is 1. The van der Waals surface area contributed by atoms with E-state index in [1.807, 2.05) is 96.0 Å². The Morgan fingerprint density at radius 2 is 1.49 bits per heavy atom. The Hall–Kier alpha value is -4.55. The number of hydrogen-bond acceptors (Lipinski definition) is 4. The number of amides is 2. The zero-order chi connectivity index (χ0) is 30.8. The molecule has 1 fully saturated rings. The highest BCUT2D eigenvalue weighted by atomic mass is 16.2. The van der Waals surface area contributed by atoms with Crippen molar-refractivity contribution >= 4 is 28.3 Å². The maximum atomic E-state index is 14.1. The summed E-state index contributed by atoms with van der Waals surface area (Å²) < 4.78 is 0. The van der Waals surface area contributed by atoms with Crippen LogP contribution in [0, 0.1) is 0 Å². The second kappa shape index (κ2) is 15.0. The first-order valence-electron chi connectivity index (χ1n) is 16.3. The van der Waals surface area contributed by atoms with E-state index in [2.05, 4.69) is 34.5 Å². The molecular weight excluding hydrogens is 556 g/mol. The maximum absolute atomic E-state index is 14.1. The van der Waals surface area contributed by atoms with Gasteiger partial charge < -0.3 is 15.1 Å². The Morgan fingerprint density at radius 1 is 0.822 bits per heavy atom. The number of carbonyl (C=O) groups is 2. The summed E-state index contributed by atoms with van der Waals surface area (Å²) in [7, 11) is 0. The number of piperidine rings is 1. The van der Waals surface area contributed by atoms with Crippen LogP contribution in [-0.4, -0.2) is 66.1 Å². The van der Waals surface area contributed by atoms with Gasteiger partial charge in [-0.2, -0.15) is 0 Å². The summed E-state index contributed by atoms with van der Waals surface area (Å²) in [6.07, 6.45) is 9.16. The number of rotatable bonds is 11. The van der Waals surface area contributed by atoms with Crippen molar-refractivity contribution in [1.82, 2.24) is 15.1 Å². The number of hydrogen-bond donors (Lipinski definition) is 1. The molecule has 2 heterocycles. The van der Waals surface area contributed by atoms with Crippen molar-refractivity contribution in [3.63, 3.8) is 0 Å². The number of aliphatic imine (C=N–C) groups is 1. The normalized spacial score (nSPS) is 17.4. The van der Waals surface area contributed by atoms with E-state index in [4.69, 9.17) is 4.99 Å². The third kappa shape index (κ3) is 7.95. The van der Waals surface area contributed by atoms with Crippen molar-refractivity contribution in [3.8, 4) is 0 Å². The monoisotopic (exact) mass is 598 g/mol. The number of benzene rings is 4. The van der Waals surface area contributed by atoms with E-state index in [-0.39, 0.29) is 24.3 Å². The molecule has 2 amide bonds. The average molecular weight is 599 g/mol. The zero-order valence-corrected chi connectivity index (χ0v) is 25.9. The van der Waals surface area contributed by atoms with E-state index < -0.39 is 6.04 Å². The predicted octanol–water partition coefficient (Wildman–Crippen LogP) is 6.83. The molecule has 4 aromatic carbocycles. The van der Waals surface area contributed by atoms with Gasteiger partial charge >= 0.3 is 0 Å². The van der Waals surface area contributed by atoms with Crippen molar-refractivity contribution in [3.05, 3.63) is 132 Å². The molecule has 1 saturated heterocycles. The van der Waals surface area contributed by atoms with Gasteiger partial charge in [0.15, 0.2) is 0 Å². The summed E-state index contributed by atoms with van der Waals surface area (Å²) in [6.45, 7) is 4.03. The fourth-order valence-corrected chi connectivity index (χ4v) is 6.45. The lowest BCUT2D eigenvalue weighted by molar-refractivity contribution is -0.130. The van der Waals surface area contributed by atoms with Gasteiger partial charge in [0.2, 0.25) is 0 Å². The third-order valence-electron chi connectivity index (χ3n) is 8.96. The van der Waals surface area contributed by atoms with E-state index in [1.165, 1.54) is 30.4 Å². The standard InChI is InChI=1S/C39H42N4O2/c44-38(34-21-20-30-13-8-9-18-33(30)27-34)40-28-35-22-26-43(39(45)37(41-35)19-12-25-42-23-10-3-11-24-42)29-36(31-14-4-1-5-15-31)32-16-6-2-7-17-32/h1-2,4-9,13-18,20-22,26-27,36-37H,3,10-12,19,23-25,28-29H2,(H,40,44)/t37-/m0/s1. The van der Waals surface area contributed by atoms with Crippen LogP contribution in [0.2, 0.25) is 0 Å². The van der Waals surface area contributed by atoms with Gasteiger partial charge in [-0.3, -0.25) is 14.6 Å². The fraction of sp³-hybridized carbons (Fsp3) is 0.308. The second-order valence-electron chi connectivity index (χ2n) is 12.1. The van der Waals surface area contributed by atoms with Crippen LogP contribution in [-0.2, 0) is 4.79 Å². The van der Waals surface area contributed by atoms with Crippen LogP contribution in [0.25, 0.3) is 10.8 Å². The minimum Gasteiger partial charge on any atom is -0.346 e. The Bertz CT molecular complexity index is 1600. The minimum atomic E-state index is -0.496. The molecule has 2 aliphatic rings. The van der Waals surface area contributed by atoms with E-state index in [0.29, 0.717) is 24.2 Å². The molecule has 0 spiro atoms. The van der Waals surface area contributed by atoms with E-state index >= 15 is 0 Å². The molecule has 45 heavy (non-hydrogen) atoms. The molecule has 2 aliphatic heterocycles. The highest BCUT2D eigenvalue weighted by molar-refractivity contribution is 6.04. The highest BCUT2D eigenvalue weighted by Crippen LogP contribution is 2.27.